The van der Waals surface area contributed by atoms with Gasteiger partial charge in [-0.05, 0) is 29.5 Å². The molecule has 1 aliphatic heterocycles. The molecule has 4 nitrogen and oxygen atoms in total. The van der Waals surface area contributed by atoms with E-state index >= 15 is 0 Å². The van der Waals surface area contributed by atoms with Gasteiger partial charge in [-0.1, -0.05) is 32.9 Å². The Labute approximate surface area is 140 Å². The molecule has 0 saturated carbocycles. The smallest absolute Gasteiger partial charge is 0.219 e. The maximum atomic E-state index is 11.3. The topological polar surface area (TPSA) is 32.8 Å². The van der Waals surface area contributed by atoms with Gasteiger partial charge in [-0.25, -0.2) is 0 Å². The van der Waals surface area contributed by atoms with Crippen LogP contribution in [-0.4, -0.2) is 55.0 Å². The van der Waals surface area contributed by atoms with Crippen molar-refractivity contribution in [2.45, 2.75) is 39.5 Å². The van der Waals surface area contributed by atoms with Gasteiger partial charge < -0.3 is 9.64 Å². The summed E-state index contributed by atoms with van der Waals surface area (Å²) in [7, 11) is 0. The molecule has 0 aromatic heterocycles. The third kappa shape index (κ3) is 5.54. The highest BCUT2D eigenvalue weighted by Crippen LogP contribution is 2.24. The molecule has 0 aliphatic carbocycles. The molecule has 1 fully saturated rings. The van der Waals surface area contributed by atoms with Crippen molar-refractivity contribution < 1.29 is 9.53 Å². The first-order chi connectivity index (χ1) is 10.9. The molecule has 0 radical (unpaired) electrons. The number of carbonyl (C=O) groups is 1. The lowest BCUT2D eigenvalue weighted by Crippen LogP contribution is -2.48. The molecular weight excluding hydrogens is 288 g/mol. The first kappa shape index (κ1) is 17.8. The van der Waals surface area contributed by atoms with Gasteiger partial charge in [0, 0.05) is 39.6 Å². The molecule has 1 saturated heterocycles. The van der Waals surface area contributed by atoms with Crippen LogP contribution in [0.1, 0.15) is 39.7 Å². The van der Waals surface area contributed by atoms with E-state index in [2.05, 4.69) is 49.9 Å². The van der Waals surface area contributed by atoms with Gasteiger partial charge in [0.05, 0.1) is 6.61 Å². The molecule has 0 atom stereocenters. The molecule has 23 heavy (non-hydrogen) atoms. The summed E-state index contributed by atoms with van der Waals surface area (Å²) < 4.78 is 5.83. The quantitative estimate of drug-likeness (QED) is 0.783. The largest absolute Gasteiger partial charge is 0.494 e. The predicted molar refractivity (Wildman–Crippen MR) is 93.9 cm³/mol. The molecule has 0 N–H and O–H groups in total. The number of amides is 1. The Morgan fingerprint density at radius 2 is 1.70 bits per heavy atom. The molecule has 4 heteroatoms. The summed E-state index contributed by atoms with van der Waals surface area (Å²) in [6.45, 7) is 13.7. The van der Waals surface area contributed by atoms with Crippen molar-refractivity contribution in [2.24, 2.45) is 0 Å². The van der Waals surface area contributed by atoms with E-state index < -0.39 is 0 Å². The minimum Gasteiger partial charge on any atom is -0.494 e. The molecule has 128 valence electrons. The van der Waals surface area contributed by atoms with E-state index in [9.17, 15) is 4.79 Å². The van der Waals surface area contributed by atoms with Gasteiger partial charge in [0.2, 0.25) is 5.91 Å². The Balaban J connectivity index is 1.65. The molecular formula is C19H30N2O2. The third-order valence-electron chi connectivity index (χ3n) is 4.43. The highest BCUT2D eigenvalue weighted by molar-refractivity contribution is 5.73. The molecule has 1 aliphatic rings. The van der Waals surface area contributed by atoms with Crippen LogP contribution in [0.2, 0.25) is 0 Å². The zero-order chi connectivity index (χ0) is 16.9. The van der Waals surface area contributed by atoms with Crippen LogP contribution < -0.4 is 4.74 Å². The first-order valence-electron chi connectivity index (χ1n) is 8.57. The summed E-state index contributed by atoms with van der Waals surface area (Å²) in [6.07, 6.45) is 1.01. The molecule has 1 aromatic carbocycles. The van der Waals surface area contributed by atoms with Crippen LogP contribution in [-0.2, 0) is 10.2 Å². The van der Waals surface area contributed by atoms with Crippen molar-refractivity contribution in [1.29, 1.82) is 0 Å². The van der Waals surface area contributed by atoms with Crippen molar-refractivity contribution in [2.75, 3.05) is 39.3 Å². The number of benzene rings is 1. The number of carbonyl (C=O) groups excluding carboxylic acids is 1. The van der Waals surface area contributed by atoms with Crippen molar-refractivity contribution in [3.8, 4) is 5.75 Å². The number of hydrogen-bond donors (Lipinski definition) is 0. The summed E-state index contributed by atoms with van der Waals surface area (Å²) in [4.78, 5) is 15.6. The van der Waals surface area contributed by atoms with Gasteiger partial charge in [-0.3, -0.25) is 9.69 Å². The van der Waals surface area contributed by atoms with Gasteiger partial charge in [-0.15, -0.1) is 0 Å². The lowest BCUT2D eigenvalue weighted by Gasteiger charge is -2.34. The van der Waals surface area contributed by atoms with E-state index in [1.165, 1.54) is 5.56 Å². The second-order valence-corrected chi connectivity index (χ2v) is 7.32. The van der Waals surface area contributed by atoms with E-state index in [0.717, 1.165) is 51.5 Å². The van der Waals surface area contributed by atoms with E-state index in [1.54, 1.807) is 6.92 Å². The van der Waals surface area contributed by atoms with E-state index in [4.69, 9.17) is 4.74 Å². The zero-order valence-corrected chi connectivity index (χ0v) is 15.0. The number of piperazine rings is 1. The fourth-order valence-electron chi connectivity index (χ4n) is 2.82. The standard InChI is InChI=1S/C19H30N2O2/c1-16(22)21-13-11-20(12-14-21)10-5-15-23-18-8-6-17(7-9-18)19(2,3)4/h6-9H,5,10-15H2,1-4H3. The van der Waals surface area contributed by atoms with Crippen LogP contribution in [0.4, 0.5) is 0 Å². The van der Waals surface area contributed by atoms with Gasteiger partial charge >= 0.3 is 0 Å². The Kier molecular flexibility index (Phi) is 6.05. The van der Waals surface area contributed by atoms with Gasteiger partial charge in [0.25, 0.3) is 0 Å². The summed E-state index contributed by atoms with van der Waals surface area (Å²) in [5.41, 5.74) is 1.51. The summed E-state index contributed by atoms with van der Waals surface area (Å²) in [5, 5.41) is 0. The number of hydrogen-bond acceptors (Lipinski definition) is 3. The molecule has 1 aromatic rings. The van der Waals surface area contributed by atoms with Crippen LogP contribution in [0.5, 0.6) is 5.75 Å². The fourth-order valence-corrected chi connectivity index (χ4v) is 2.82. The molecule has 1 amide bonds. The normalized spacial score (nSPS) is 16.4. The zero-order valence-electron chi connectivity index (χ0n) is 15.0. The summed E-state index contributed by atoms with van der Waals surface area (Å²) in [6, 6.07) is 8.42. The van der Waals surface area contributed by atoms with Crippen LogP contribution in [0, 0.1) is 0 Å². The Bertz CT molecular complexity index is 497. The molecule has 2 rings (SSSR count). The fraction of sp³-hybridized carbons (Fsp3) is 0.632. The third-order valence-corrected chi connectivity index (χ3v) is 4.43. The average Bonchev–Trinajstić information content (AvgIpc) is 2.51. The molecule has 1 heterocycles. The lowest BCUT2D eigenvalue weighted by atomic mass is 9.87. The average molecular weight is 318 g/mol. The molecule has 0 bridgehead atoms. The van der Waals surface area contributed by atoms with Gasteiger partial charge in [-0.2, -0.15) is 0 Å². The van der Waals surface area contributed by atoms with Crippen molar-refractivity contribution in [3.05, 3.63) is 29.8 Å². The van der Waals surface area contributed by atoms with Gasteiger partial charge in [0.1, 0.15) is 5.75 Å². The Morgan fingerprint density at radius 1 is 1.09 bits per heavy atom. The van der Waals surface area contributed by atoms with Crippen LogP contribution in [0.15, 0.2) is 24.3 Å². The number of rotatable bonds is 5. The highest BCUT2D eigenvalue weighted by atomic mass is 16.5. The van der Waals surface area contributed by atoms with E-state index in [1.807, 2.05) is 4.90 Å². The lowest BCUT2D eigenvalue weighted by molar-refractivity contribution is -0.130. The van der Waals surface area contributed by atoms with E-state index in [-0.39, 0.29) is 11.3 Å². The second kappa shape index (κ2) is 7.82. The van der Waals surface area contributed by atoms with Crippen molar-refractivity contribution >= 4 is 5.91 Å². The maximum absolute atomic E-state index is 11.3. The summed E-state index contributed by atoms with van der Waals surface area (Å²) >= 11 is 0. The number of ether oxygens (including phenoxy) is 1. The number of nitrogens with zero attached hydrogens (tertiary/aromatic N) is 2. The molecule has 0 spiro atoms. The minimum atomic E-state index is 0.181. The Morgan fingerprint density at radius 3 is 2.22 bits per heavy atom. The van der Waals surface area contributed by atoms with Crippen molar-refractivity contribution in [1.82, 2.24) is 9.80 Å². The second-order valence-electron chi connectivity index (χ2n) is 7.32. The van der Waals surface area contributed by atoms with Crippen LogP contribution in [0.25, 0.3) is 0 Å². The van der Waals surface area contributed by atoms with Crippen LogP contribution in [0.3, 0.4) is 0 Å². The first-order valence-corrected chi connectivity index (χ1v) is 8.57. The Hall–Kier alpha value is -1.55. The monoisotopic (exact) mass is 318 g/mol. The van der Waals surface area contributed by atoms with Gasteiger partial charge in [0.15, 0.2) is 0 Å². The van der Waals surface area contributed by atoms with E-state index in [0.29, 0.717) is 0 Å². The SMILES string of the molecule is CC(=O)N1CCN(CCCOc2ccc(C(C)(C)C)cc2)CC1. The van der Waals surface area contributed by atoms with Crippen LogP contribution >= 0.6 is 0 Å². The minimum absolute atomic E-state index is 0.181. The summed E-state index contributed by atoms with van der Waals surface area (Å²) in [5.74, 6) is 1.13. The maximum Gasteiger partial charge on any atom is 0.219 e. The predicted octanol–water partition coefficient (Wildman–Crippen LogP) is 2.92. The van der Waals surface area contributed by atoms with Crippen molar-refractivity contribution in [3.63, 3.8) is 0 Å². The molecule has 0 unspecified atom stereocenters. The highest BCUT2D eigenvalue weighted by Gasteiger charge is 2.18.